The van der Waals surface area contributed by atoms with Gasteiger partial charge in [-0.25, -0.2) is 9.78 Å². The summed E-state index contributed by atoms with van der Waals surface area (Å²) in [5.41, 5.74) is -0.926. The van der Waals surface area contributed by atoms with Crippen molar-refractivity contribution < 1.29 is 19.1 Å². The molecule has 0 bridgehead atoms. The molecule has 2 N–H and O–H groups in total. The van der Waals surface area contributed by atoms with Crippen LogP contribution in [-0.4, -0.2) is 27.5 Å². The Labute approximate surface area is 124 Å². The third kappa shape index (κ3) is 2.56. The Hall–Kier alpha value is -2.15. The molecule has 3 rings (SSSR count). The topological polar surface area (TPSA) is 92.4 Å². The fourth-order valence-corrected chi connectivity index (χ4v) is 3.31. The standard InChI is InChI=1S/C14H14N2O4S/c17-11(16-14(13(18)19)5-1-2-6-14)9-8-21-12(15-9)10-4-3-7-20-10/h3-4,7-8H,1-2,5-6H2,(H,16,17)(H,18,19). The molecule has 0 unspecified atom stereocenters. The summed E-state index contributed by atoms with van der Waals surface area (Å²) in [6.07, 6.45) is 4.07. The van der Waals surface area contributed by atoms with E-state index in [9.17, 15) is 14.7 Å². The molecule has 110 valence electrons. The average molecular weight is 306 g/mol. The van der Waals surface area contributed by atoms with Crippen LogP contribution in [-0.2, 0) is 4.79 Å². The van der Waals surface area contributed by atoms with E-state index >= 15 is 0 Å². The van der Waals surface area contributed by atoms with Crippen LogP contribution in [0.1, 0.15) is 36.2 Å². The van der Waals surface area contributed by atoms with Crippen LogP contribution in [0.5, 0.6) is 0 Å². The summed E-state index contributed by atoms with van der Waals surface area (Å²) < 4.78 is 5.23. The molecule has 0 radical (unpaired) electrons. The van der Waals surface area contributed by atoms with Gasteiger partial charge in [0.1, 0.15) is 11.2 Å². The second-order valence-corrected chi connectivity index (χ2v) is 5.92. The van der Waals surface area contributed by atoms with Gasteiger partial charge >= 0.3 is 5.97 Å². The lowest BCUT2D eigenvalue weighted by Crippen LogP contribution is -2.52. The Kier molecular flexibility index (Phi) is 3.50. The normalized spacial score (nSPS) is 16.8. The Bertz CT molecular complexity index is 656. The van der Waals surface area contributed by atoms with Gasteiger partial charge in [0.2, 0.25) is 0 Å². The van der Waals surface area contributed by atoms with Crippen LogP contribution < -0.4 is 5.32 Å². The molecule has 1 aliphatic rings. The van der Waals surface area contributed by atoms with Crippen molar-refractivity contribution in [1.29, 1.82) is 0 Å². The molecule has 2 heterocycles. The number of amides is 1. The van der Waals surface area contributed by atoms with Gasteiger partial charge < -0.3 is 14.8 Å². The lowest BCUT2D eigenvalue weighted by atomic mass is 9.98. The number of rotatable bonds is 4. The number of thiazole rings is 1. The number of furan rings is 1. The van der Waals surface area contributed by atoms with Gasteiger partial charge in [0.15, 0.2) is 10.8 Å². The number of aromatic nitrogens is 1. The summed E-state index contributed by atoms with van der Waals surface area (Å²) in [6.45, 7) is 0. The fraction of sp³-hybridized carbons (Fsp3) is 0.357. The molecule has 0 aromatic carbocycles. The SMILES string of the molecule is O=C(NC1(C(=O)O)CCCC1)c1csc(-c2ccco2)n1. The molecule has 1 amide bonds. The largest absolute Gasteiger partial charge is 0.480 e. The van der Waals surface area contributed by atoms with Gasteiger partial charge in [0.25, 0.3) is 5.91 Å². The molecule has 6 nitrogen and oxygen atoms in total. The highest BCUT2D eigenvalue weighted by molar-refractivity contribution is 7.13. The van der Waals surface area contributed by atoms with Gasteiger partial charge in [-0.1, -0.05) is 12.8 Å². The summed E-state index contributed by atoms with van der Waals surface area (Å²) in [6, 6.07) is 3.50. The molecule has 21 heavy (non-hydrogen) atoms. The molecule has 0 spiro atoms. The van der Waals surface area contributed by atoms with Gasteiger partial charge in [-0.3, -0.25) is 4.79 Å². The summed E-state index contributed by atoms with van der Waals surface area (Å²) in [4.78, 5) is 27.9. The molecule has 1 aliphatic carbocycles. The van der Waals surface area contributed by atoms with Crippen LogP contribution >= 0.6 is 11.3 Å². The second-order valence-electron chi connectivity index (χ2n) is 5.06. The molecule has 0 atom stereocenters. The number of nitrogens with zero attached hydrogens (tertiary/aromatic N) is 1. The maximum absolute atomic E-state index is 12.2. The third-order valence-corrected chi connectivity index (χ3v) is 4.54. The van der Waals surface area contributed by atoms with Crippen molar-refractivity contribution >= 4 is 23.2 Å². The fourth-order valence-electron chi connectivity index (χ4n) is 2.54. The molecule has 7 heteroatoms. The Morgan fingerprint density at radius 3 is 2.76 bits per heavy atom. The van der Waals surface area contributed by atoms with E-state index in [0.717, 1.165) is 12.8 Å². The first-order valence-corrected chi connectivity index (χ1v) is 7.54. The molecule has 1 fully saturated rings. The average Bonchev–Trinajstić information content (AvgIpc) is 3.20. The van der Waals surface area contributed by atoms with Crippen molar-refractivity contribution in [2.24, 2.45) is 0 Å². The Morgan fingerprint density at radius 1 is 1.38 bits per heavy atom. The number of aliphatic carboxylic acids is 1. The number of carbonyl (C=O) groups is 2. The first-order valence-electron chi connectivity index (χ1n) is 6.66. The first-order chi connectivity index (χ1) is 10.1. The van der Waals surface area contributed by atoms with Crippen LogP contribution in [0.25, 0.3) is 10.8 Å². The highest BCUT2D eigenvalue weighted by atomic mass is 32.1. The zero-order valence-electron chi connectivity index (χ0n) is 11.2. The van der Waals surface area contributed by atoms with Gasteiger partial charge in [-0.15, -0.1) is 11.3 Å². The summed E-state index contributed by atoms with van der Waals surface area (Å²) in [7, 11) is 0. The predicted molar refractivity (Wildman–Crippen MR) is 76.1 cm³/mol. The van der Waals surface area contributed by atoms with Crippen LogP contribution in [0.4, 0.5) is 0 Å². The third-order valence-electron chi connectivity index (χ3n) is 3.69. The van der Waals surface area contributed by atoms with E-state index in [4.69, 9.17) is 4.42 Å². The van der Waals surface area contributed by atoms with Crippen LogP contribution in [0, 0.1) is 0 Å². The monoisotopic (exact) mass is 306 g/mol. The highest BCUT2D eigenvalue weighted by Gasteiger charge is 2.43. The molecular formula is C14H14N2O4S. The van der Waals surface area contributed by atoms with E-state index < -0.39 is 17.4 Å². The maximum Gasteiger partial charge on any atom is 0.329 e. The van der Waals surface area contributed by atoms with Gasteiger partial charge in [0, 0.05) is 5.38 Å². The maximum atomic E-state index is 12.2. The predicted octanol–water partition coefficient (Wildman–Crippen LogP) is 2.53. The summed E-state index contributed by atoms with van der Waals surface area (Å²) in [5.74, 6) is -0.837. The number of carbonyl (C=O) groups excluding carboxylic acids is 1. The van der Waals surface area contributed by atoms with Crippen molar-refractivity contribution in [3.8, 4) is 10.8 Å². The number of hydrogen-bond donors (Lipinski definition) is 2. The van der Waals surface area contributed by atoms with Crippen LogP contribution in [0.2, 0.25) is 0 Å². The van der Waals surface area contributed by atoms with Gasteiger partial charge in [-0.2, -0.15) is 0 Å². The first kappa shape index (κ1) is 13.8. The highest BCUT2D eigenvalue weighted by Crippen LogP contribution is 2.31. The van der Waals surface area contributed by atoms with E-state index in [1.807, 2.05) is 0 Å². The Balaban J connectivity index is 1.78. The number of carboxylic acid groups (broad SMARTS) is 1. The van der Waals surface area contributed by atoms with E-state index in [1.54, 1.807) is 17.5 Å². The van der Waals surface area contributed by atoms with Crippen LogP contribution in [0.3, 0.4) is 0 Å². The quantitative estimate of drug-likeness (QED) is 0.905. The molecule has 2 aromatic heterocycles. The number of hydrogen-bond acceptors (Lipinski definition) is 5. The van der Waals surface area contributed by atoms with Crippen LogP contribution in [0.15, 0.2) is 28.2 Å². The van der Waals surface area contributed by atoms with Gasteiger partial charge in [-0.05, 0) is 25.0 Å². The summed E-state index contributed by atoms with van der Waals surface area (Å²) >= 11 is 1.29. The van der Waals surface area contributed by atoms with E-state index in [-0.39, 0.29) is 5.69 Å². The lowest BCUT2D eigenvalue weighted by molar-refractivity contribution is -0.144. The minimum Gasteiger partial charge on any atom is -0.480 e. The minimum atomic E-state index is -1.15. The number of carboxylic acids is 1. The molecule has 2 aromatic rings. The lowest BCUT2D eigenvalue weighted by Gasteiger charge is -2.24. The van der Waals surface area contributed by atoms with Crippen molar-refractivity contribution in [1.82, 2.24) is 10.3 Å². The molecule has 0 saturated heterocycles. The second kappa shape index (κ2) is 5.33. The smallest absolute Gasteiger partial charge is 0.329 e. The van der Waals surface area contributed by atoms with E-state index in [0.29, 0.717) is 23.6 Å². The summed E-state index contributed by atoms with van der Waals surface area (Å²) in [5, 5.41) is 14.2. The minimum absolute atomic E-state index is 0.221. The Morgan fingerprint density at radius 2 is 2.14 bits per heavy atom. The van der Waals surface area contributed by atoms with Crippen molar-refractivity contribution in [3.63, 3.8) is 0 Å². The van der Waals surface area contributed by atoms with Crippen molar-refractivity contribution in [2.45, 2.75) is 31.2 Å². The van der Waals surface area contributed by atoms with E-state index in [1.165, 1.54) is 17.6 Å². The zero-order valence-corrected chi connectivity index (χ0v) is 12.0. The molecular weight excluding hydrogens is 292 g/mol. The van der Waals surface area contributed by atoms with E-state index in [2.05, 4.69) is 10.3 Å². The van der Waals surface area contributed by atoms with Crippen molar-refractivity contribution in [3.05, 3.63) is 29.5 Å². The molecule has 0 aliphatic heterocycles. The van der Waals surface area contributed by atoms with Crippen molar-refractivity contribution in [2.75, 3.05) is 0 Å². The molecule has 1 saturated carbocycles. The van der Waals surface area contributed by atoms with Gasteiger partial charge in [0.05, 0.1) is 6.26 Å². The zero-order chi connectivity index (χ0) is 14.9. The number of nitrogens with one attached hydrogen (secondary N) is 1.